The molecule has 0 bridgehead atoms. The number of anilines is 2. The molecule has 1 saturated heterocycles. The quantitative estimate of drug-likeness (QED) is 0.737. The van der Waals surface area contributed by atoms with Gasteiger partial charge in [-0.2, -0.15) is 0 Å². The molecule has 3 rings (SSSR count). The predicted molar refractivity (Wildman–Crippen MR) is 104 cm³/mol. The molecule has 1 N–H and O–H groups in total. The van der Waals surface area contributed by atoms with Crippen molar-refractivity contribution in [2.45, 2.75) is 17.7 Å². The minimum absolute atomic E-state index is 0.118. The van der Waals surface area contributed by atoms with Gasteiger partial charge >= 0.3 is 0 Å². The van der Waals surface area contributed by atoms with Crippen LogP contribution in [0.3, 0.4) is 0 Å². The number of benzene rings is 2. The minimum atomic E-state index is -0.161. The van der Waals surface area contributed by atoms with Crippen LogP contribution in [0.15, 0.2) is 47.4 Å². The first kappa shape index (κ1) is 18.1. The third-order valence-corrected chi connectivity index (χ3v) is 5.77. The van der Waals surface area contributed by atoms with E-state index in [2.05, 4.69) is 5.32 Å². The van der Waals surface area contributed by atoms with Crippen molar-refractivity contribution in [1.82, 2.24) is 0 Å². The van der Waals surface area contributed by atoms with Gasteiger partial charge < -0.3 is 10.2 Å². The van der Waals surface area contributed by atoms with E-state index in [1.54, 1.807) is 29.2 Å². The summed E-state index contributed by atoms with van der Waals surface area (Å²) < 4.78 is 0. The molecule has 0 saturated carbocycles. The van der Waals surface area contributed by atoms with Crippen molar-refractivity contribution >= 4 is 58.2 Å². The molecule has 0 radical (unpaired) electrons. The first-order valence-electron chi connectivity index (χ1n) is 7.81. The van der Waals surface area contributed by atoms with E-state index in [4.69, 9.17) is 23.2 Å². The standard InChI is InChI=1S/C18H16Cl2N2O2S/c19-14-6-2-7-15(20)18(14)25-11-16(23)21-12-4-1-5-13(10-12)22-9-3-8-17(22)24/h1-2,4-7,10H,3,8-9,11H2,(H,21,23). The molecule has 2 amide bonds. The first-order chi connectivity index (χ1) is 12.0. The van der Waals surface area contributed by atoms with Crippen molar-refractivity contribution < 1.29 is 9.59 Å². The number of carbonyl (C=O) groups excluding carboxylic acids is 2. The van der Waals surface area contributed by atoms with Crippen LogP contribution in [-0.4, -0.2) is 24.1 Å². The highest BCUT2D eigenvalue weighted by molar-refractivity contribution is 8.00. The molecule has 7 heteroatoms. The summed E-state index contributed by atoms with van der Waals surface area (Å²) in [5, 5.41) is 3.90. The van der Waals surface area contributed by atoms with Crippen molar-refractivity contribution in [3.8, 4) is 0 Å². The van der Waals surface area contributed by atoms with Gasteiger partial charge in [-0.25, -0.2) is 0 Å². The Morgan fingerprint density at radius 1 is 1.16 bits per heavy atom. The maximum absolute atomic E-state index is 12.2. The summed E-state index contributed by atoms with van der Waals surface area (Å²) in [4.78, 5) is 26.5. The molecule has 2 aromatic carbocycles. The van der Waals surface area contributed by atoms with Gasteiger partial charge in [-0.05, 0) is 36.8 Å². The van der Waals surface area contributed by atoms with Crippen LogP contribution in [0.1, 0.15) is 12.8 Å². The molecule has 0 aromatic heterocycles. The fraction of sp³-hybridized carbons (Fsp3) is 0.222. The lowest BCUT2D eigenvalue weighted by Gasteiger charge is -2.16. The summed E-state index contributed by atoms with van der Waals surface area (Å²) in [7, 11) is 0. The van der Waals surface area contributed by atoms with Gasteiger partial charge in [0.15, 0.2) is 0 Å². The Morgan fingerprint density at radius 2 is 1.88 bits per heavy atom. The van der Waals surface area contributed by atoms with Gasteiger partial charge in [-0.15, -0.1) is 11.8 Å². The summed E-state index contributed by atoms with van der Waals surface area (Å²) in [6.45, 7) is 0.719. The van der Waals surface area contributed by atoms with E-state index in [1.165, 1.54) is 11.8 Å². The summed E-state index contributed by atoms with van der Waals surface area (Å²) in [6.07, 6.45) is 1.44. The number of carbonyl (C=O) groups is 2. The van der Waals surface area contributed by atoms with Crippen LogP contribution >= 0.6 is 35.0 Å². The molecule has 0 unspecified atom stereocenters. The van der Waals surface area contributed by atoms with Crippen molar-refractivity contribution in [3.05, 3.63) is 52.5 Å². The number of hydrogen-bond acceptors (Lipinski definition) is 3. The number of hydrogen-bond donors (Lipinski definition) is 1. The number of thioether (sulfide) groups is 1. The predicted octanol–water partition coefficient (Wildman–Crippen LogP) is 4.85. The number of nitrogens with one attached hydrogen (secondary N) is 1. The van der Waals surface area contributed by atoms with Gasteiger partial charge in [0.05, 0.1) is 15.8 Å². The Bertz CT molecular complexity index is 793. The highest BCUT2D eigenvalue weighted by Gasteiger charge is 2.21. The zero-order valence-electron chi connectivity index (χ0n) is 13.3. The van der Waals surface area contributed by atoms with Gasteiger partial charge in [0.25, 0.3) is 0 Å². The molecule has 130 valence electrons. The fourth-order valence-corrected chi connectivity index (χ4v) is 4.11. The maximum atomic E-state index is 12.2. The second-order valence-electron chi connectivity index (χ2n) is 5.59. The van der Waals surface area contributed by atoms with E-state index in [0.717, 1.165) is 18.7 Å². The second kappa shape index (κ2) is 8.13. The number of amides is 2. The summed E-state index contributed by atoms with van der Waals surface area (Å²) in [5.74, 6) is 0.148. The van der Waals surface area contributed by atoms with E-state index < -0.39 is 0 Å². The van der Waals surface area contributed by atoms with Gasteiger partial charge in [-0.1, -0.05) is 35.3 Å². The van der Waals surface area contributed by atoms with E-state index in [9.17, 15) is 9.59 Å². The smallest absolute Gasteiger partial charge is 0.234 e. The fourth-order valence-electron chi connectivity index (χ4n) is 2.63. The van der Waals surface area contributed by atoms with Gasteiger partial charge in [0.2, 0.25) is 11.8 Å². The van der Waals surface area contributed by atoms with Crippen LogP contribution in [-0.2, 0) is 9.59 Å². The average Bonchev–Trinajstić information content (AvgIpc) is 3.01. The molecule has 1 fully saturated rings. The van der Waals surface area contributed by atoms with E-state index in [-0.39, 0.29) is 17.6 Å². The molecular weight excluding hydrogens is 379 g/mol. The molecule has 2 aromatic rings. The molecule has 0 atom stereocenters. The summed E-state index contributed by atoms with van der Waals surface area (Å²) in [5.41, 5.74) is 1.47. The molecule has 1 aliphatic heterocycles. The van der Waals surface area contributed by atoms with Crippen molar-refractivity contribution in [1.29, 1.82) is 0 Å². The Kier molecular flexibility index (Phi) is 5.89. The third-order valence-electron chi connectivity index (χ3n) is 3.78. The van der Waals surface area contributed by atoms with Crippen LogP contribution in [0.25, 0.3) is 0 Å². The third kappa shape index (κ3) is 4.48. The van der Waals surface area contributed by atoms with Gasteiger partial charge in [0.1, 0.15) is 0 Å². The molecule has 0 aliphatic carbocycles. The number of halogens is 2. The lowest BCUT2D eigenvalue weighted by atomic mass is 10.2. The highest BCUT2D eigenvalue weighted by Crippen LogP contribution is 2.34. The average molecular weight is 395 g/mol. The van der Waals surface area contributed by atoms with Crippen LogP contribution in [0.4, 0.5) is 11.4 Å². The number of nitrogens with zero attached hydrogens (tertiary/aromatic N) is 1. The topological polar surface area (TPSA) is 49.4 Å². The molecule has 1 aliphatic rings. The lowest BCUT2D eigenvalue weighted by molar-refractivity contribution is -0.117. The monoisotopic (exact) mass is 394 g/mol. The van der Waals surface area contributed by atoms with E-state index >= 15 is 0 Å². The molecular formula is C18H16Cl2N2O2S. The first-order valence-corrected chi connectivity index (χ1v) is 9.56. The van der Waals surface area contributed by atoms with Crippen molar-refractivity contribution in [2.75, 3.05) is 22.5 Å². The highest BCUT2D eigenvalue weighted by atomic mass is 35.5. The molecule has 4 nitrogen and oxygen atoms in total. The maximum Gasteiger partial charge on any atom is 0.234 e. The van der Waals surface area contributed by atoms with E-state index in [0.29, 0.717) is 27.0 Å². The normalized spacial score (nSPS) is 14.0. The minimum Gasteiger partial charge on any atom is -0.325 e. The van der Waals surface area contributed by atoms with E-state index in [1.807, 2.05) is 18.2 Å². The van der Waals surface area contributed by atoms with Crippen LogP contribution < -0.4 is 10.2 Å². The Labute approximate surface area is 160 Å². The second-order valence-corrected chi connectivity index (χ2v) is 7.39. The summed E-state index contributed by atoms with van der Waals surface area (Å²) in [6, 6.07) is 12.6. The lowest BCUT2D eigenvalue weighted by Crippen LogP contribution is -2.23. The van der Waals surface area contributed by atoms with Gasteiger partial charge in [-0.3, -0.25) is 9.59 Å². The molecule has 0 spiro atoms. The Hall–Kier alpha value is -1.69. The van der Waals surface area contributed by atoms with Crippen LogP contribution in [0.2, 0.25) is 10.0 Å². The zero-order valence-corrected chi connectivity index (χ0v) is 15.6. The van der Waals surface area contributed by atoms with Crippen molar-refractivity contribution in [3.63, 3.8) is 0 Å². The zero-order chi connectivity index (χ0) is 17.8. The van der Waals surface area contributed by atoms with Crippen LogP contribution in [0.5, 0.6) is 0 Å². The summed E-state index contributed by atoms with van der Waals surface area (Å²) >= 11 is 13.5. The SMILES string of the molecule is O=C(CSc1c(Cl)cccc1Cl)Nc1cccc(N2CCCC2=O)c1. The Balaban J connectivity index is 1.62. The largest absolute Gasteiger partial charge is 0.325 e. The Morgan fingerprint density at radius 3 is 2.56 bits per heavy atom. The van der Waals surface area contributed by atoms with Crippen LogP contribution in [0, 0.1) is 0 Å². The molecule has 1 heterocycles. The molecule has 25 heavy (non-hydrogen) atoms. The van der Waals surface area contributed by atoms with Crippen molar-refractivity contribution in [2.24, 2.45) is 0 Å². The number of rotatable bonds is 5. The van der Waals surface area contributed by atoms with Gasteiger partial charge in [0, 0.05) is 29.2 Å².